The molecule has 0 bridgehead atoms. The van der Waals surface area contributed by atoms with Crippen LogP contribution in [0.1, 0.15) is 29.0 Å². The summed E-state index contributed by atoms with van der Waals surface area (Å²) in [6, 6.07) is 5.48. The highest BCUT2D eigenvalue weighted by molar-refractivity contribution is 5.91. The summed E-state index contributed by atoms with van der Waals surface area (Å²) in [5.74, 6) is 1.36. The van der Waals surface area contributed by atoms with Gasteiger partial charge in [-0.05, 0) is 31.7 Å². The van der Waals surface area contributed by atoms with Crippen molar-refractivity contribution in [1.29, 1.82) is 0 Å². The van der Waals surface area contributed by atoms with Crippen LogP contribution >= 0.6 is 0 Å². The maximum Gasteiger partial charge on any atom is 0.292 e. The van der Waals surface area contributed by atoms with Crippen LogP contribution in [0.2, 0.25) is 0 Å². The number of aromatic nitrogens is 2. The third-order valence-corrected chi connectivity index (χ3v) is 3.97. The second-order valence-corrected chi connectivity index (χ2v) is 5.55. The zero-order valence-electron chi connectivity index (χ0n) is 12.6. The first kappa shape index (κ1) is 14.6. The van der Waals surface area contributed by atoms with Crippen molar-refractivity contribution in [3.63, 3.8) is 0 Å². The van der Waals surface area contributed by atoms with Crippen LogP contribution in [0.4, 0.5) is 0 Å². The van der Waals surface area contributed by atoms with Crippen molar-refractivity contribution < 1.29 is 14.1 Å². The quantitative estimate of drug-likeness (QED) is 0.867. The molecule has 116 valence electrons. The number of hydrogen-bond acceptors (Lipinski definition) is 5. The van der Waals surface area contributed by atoms with Crippen molar-refractivity contribution in [2.75, 3.05) is 19.7 Å². The first-order chi connectivity index (χ1) is 10.7. The van der Waals surface area contributed by atoms with Crippen LogP contribution in [0.25, 0.3) is 0 Å². The van der Waals surface area contributed by atoms with Gasteiger partial charge in [0.05, 0.1) is 12.8 Å². The van der Waals surface area contributed by atoms with Gasteiger partial charge >= 0.3 is 0 Å². The van der Waals surface area contributed by atoms with Gasteiger partial charge in [0.1, 0.15) is 0 Å². The lowest BCUT2D eigenvalue weighted by Crippen LogP contribution is -2.39. The first-order valence-electron chi connectivity index (χ1n) is 7.48. The summed E-state index contributed by atoms with van der Waals surface area (Å²) < 4.78 is 10.7. The predicted molar refractivity (Wildman–Crippen MR) is 79.6 cm³/mol. The molecule has 1 aliphatic heterocycles. The lowest BCUT2D eigenvalue weighted by atomic mass is 9.97. The monoisotopic (exact) mass is 301 g/mol. The molecule has 2 aromatic rings. The average Bonchev–Trinajstić information content (AvgIpc) is 3.08. The number of carbonyl (C=O) groups is 1. The minimum absolute atomic E-state index is 0.0857. The van der Waals surface area contributed by atoms with Gasteiger partial charge in [-0.1, -0.05) is 11.2 Å². The van der Waals surface area contributed by atoms with E-state index in [0.717, 1.165) is 31.5 Å². The summed E-state index contributed by atoms with van der Waals surface area (Å²) >= 11 is 0. The van der Waals surface area contributed by atoms with Crippen molar-refractivity contribution in [1.82, 2.24) is 15.0 Å². The van der Waals surface area contributed by atoms with E-state index in [9.17, 15) is 4.79 Å². The number of piperidine rings is 1. The van der Waals surface area contributed by atoms with Gasteiger partial charge < -0.3 is 14.2 Å². The maximum absolute atomic E-state index is 12.1. The Balaban J connectivity index is 1.48. The summed E-state index contributed by atoms with van der Waals surface area (Å²) in [5.41, 5.74) is 1.04. The van der Waals surface area contributed by atoms with Crippen molar-refractivity contribution in [3.8, 4) is 5.88 Å². The Kier molecular flexibility index (Phi) is 4.37. The van der Waals surface area contributed by atoms with Crippen molar-refractivity contribution in [2.45, 2.75) is 19.8 Å². The van der Waals surface area contributed by atoms with Gasteiger partial charge in [0.2, 0.25) is 11.6 Å². The highest BCUT2D eigenvalue weighted by atomic mass is 16.5. The topological polar surface area (TPSA) is 68.5 Å². The first-order valence-corrected chi connectivity index (χ1v) is 7.48. The molecule has 1 fully saturated rings. The molecular weight excluding hydrogens is 282 g/mol. The molecule has 2 aromatic heterocycles. The Labute approximate surface area is 129 Å². The van der Waals surface area contributed by atoms with Crippen LogP contribution in [0.5, 0.6) is 5.88 Å². The normalized spacial score (nSPS) is 15.8. The fourth-order valence-electron chi connectivity index (χ4n) is 2.60. The van der Waals surface area contributed by atoms with Gasteiger partial charge in [0.15, 0.2) is 0 Å². The molecule has 0 saturated carbocycles. The second kappa shape index (κ2) is 6.60. The van der Waals surface area contributed by atoms with Gasteiger partial charge in [0.25, 0.3) is 5.91 Å². The molecular formula is C16H19N3O3. The Bertz CT molecular complexity index is 619. The molecule has 0 aliphatic carbocycles. The maximum atomic E-state index is 12.1. The van der Waals surface area contributed by atoms with E-state index in [1.54, 1.807) is 12.3 Å². The lowest BCUT2D eigenvalue weighted by molar-refractivity contribution is 0.0618. The van der Waals surface area contributed by atoms with E-state index in [1.165, 1.54) is 6.20 Å². The molecule has 0 atom stereocenters. The minimum atomic E-state index is -0.0857. The number of amides is 1. The molecule has 0 N–H and O–H groups in total. The van der Waals surface area contributed by atoms with E-state index < -0.39 is 0 Å². The van der Waals surface area contributed by atoms with Gasteiger partial charge in [-0.15, -0.1) is 0 Å². The van der Waals surface area contributed by atoms with Crippen LogP contribution < -0.4 is 4.74 Å². The number of rotatable bonds is 4. The van der Waals surface area contributed by atoms with E-state index in [2.05, 4.69) is 10.1 Å². The summed E-state index contributed by atoms with van der Waals surface area (Å²) in [6.45, 7) is 4.06. The molecule has 1 amide bonds. The van der Waals surface area contributed by atoms with Crippen molar-refractivity contribution in [3.05, 3.63) is 41.9 Å². The molecule has 1 saturated heterocycles. The smallest absolute Gasteiger partial charge is 0.292 e. The van der Waals surface area contributed by atoms with Gasteiger partial charge in [-0.25, -0.2) is 4.98 Å². The average molecular weight is 301 g/mol. The highest BCUT2D eigenvalue weighted by Gasteiger charge is 2.25. The zero-order chi connectivity index (χ0) is 15.4. The van der Waals surface area contributed by atoms with Crippen molar-refractivity contribution >= 4 is 5.91 Å². The Morgan fingerprint density at radius 2 is 2.18 bits per heavy atom. The SMILES string of the molecule is Cc1cccnc1OCC1CCN(C(=O)c2ccno2)CC1. The second-order valence-electron chi connectivity index (χ2n) is 5.55. The Morgan fingerprint density at radius 3 is 2.86 bits per heavy atom. The molecule has 22 heavy (non-hydrogen) atoms. The molecule has 0 spiro atoms. The van der Waals surface area contributed by atoms with Crippen LogP contribution in [0, 0.1) is 12.8 Å². The zero-order valence-corrected chi connectivity index (χ0v) is 12.6. The summed E-state index contributed by atoms with van der Waals surface area (Å²) in [5, 5.41) is 3.57. The number of hydrogen-bond donors (Lipinski definition) is 0. The molecule has 0 aromatic carbocycles. The number of pyridine rings is 1. The Hall–Kier alpha value is -2.37. The van der Waals surface area contributed by atoms with E-state index in [0.29, 0.717) is 24.2 Å². The van der Waals surface area contributed by atoms with Crippen LogP contribution in [-0.2, 0) is 0 Å². The van der Waals surface area contributed by atoms with E-state index >= 15 is 0 Å². The van der Waals surface area contributed by atoms with Crippen LogP contribution in [0.15, 0.2) is 35.1 Å². The fourth-order valence-corrected chi connectivity index (χ4v) is 2.60. The third kappa shape index (κ3) is 3.27. The third-order valence-electron chi connectivity index (χ3n) is 3.97. The fraction of sp³-hybridized carbons (Fsp3) is 0.438. The number of ether oxygens (including phenoxy) is 1. The molecule has 1 aliphatic rings. The van der Waals surface area contributed by atoms with E-state index in [-0.39, 0.29) is 5.91 Å². The summed E-state index contributed by atoms with van der Waals surface area (Å²) in [6.07, 6.45) is 5.07. The van der Waals surface area contributed by atoms with Gasteiger partial charge in [-0.2, -0.15) is 0 Å². The molecule has 0 radical (unpaired) electrons. The van der Waals surface area contributed by atoms with Crippen LogP contribution in [0.3, 0.4) is 0 Å². The Morgan fingerprint density at radius 1 is 1.36 bits per heavy atom. The van der Waals surface area contributed by atoms with E-state index in [1.807, 2.05) is 24.0 Å². The highest BCUT2D eigenvalue weighted by Crippen LogP contribution is 2.21. The molecule has 6 heteroatoms. The van der Waals surface area contributed by atoms with E-state index in [4.69, 9.17) is 9.26 Å². The number of nitrogens with zero attached hydrogens (tertiary/aromatic N) is 3. The molecule has 3 rings (SSSR count). The number of aryl methyl sites for hydroxylation is 1. The summed E-state index contributed by atoms with van der Waals surface area (Å²) in [4.78, 5) is 18.2. The number of likely N-dealkylation sites (tertiary alicyclic amines) is 1. The number of carbonyl (C=O) groups excluding carboxylic acids is 1. The standard InChI is InChI=1S/C16H19N3O3/c1-12-3-2-7-17-15(12)21-11-13-5-9-19(10-6-13)16(20)14-4-8-18-22-14/h2-4,7-8,13H,5-6,9-11H2,1H3. The minimum Gasteiger partial charge on any atom is -0.477 e. The summed E-state index contributed by atoms with van der Waals surface area (Å²) in [7, 11) is 0. The van der Waals surface area contributed by atoms with Crippen molar-refractivity contribution in [2.24, 2.45) is 5.92 Å². The van der Waals surface area contributed by atoms with Crippen LogP contribution in [-0.4, -0.2) is 40.6 Å². The van der Waals surface area contributed by atoms with Gasteiger partial charge in [-0.3, -0.25) is 4.79 Å². The van der Waals surface area contributed by atoms with Gasteiger partial charge in [0, 0.05) is 30.9 Å². The molecule has 0 unspecified atom stereocenters. The predicted octanol–water partition coefficient (Wildman–Crippen LogP) is 2.31. The molecule has 3 heterocycles. The lowest BCUT2D eigenvalue weighted by Gasteiger charge is -2.31. The largest absolute Gasteiger partial charge is 0.477 e. The molecule has 6 nitrogen and oxygen atoms in total.